The second-order valence-electron chi connectivity index (χ2n) is 5.25. The molecule has 1 fully saturated rings. The number of hydrogen-bond donors (Lipinski definition) is 2. The maximum absolute atomic E-state index is 11.9. The van der Waals surface area contributed by atoms with Crippen molar-refractivity contribution < 1.29 is 4.79 Å². The molecule has 1 aliphatic heterocycles. The van der Waals surface area contributed by atoms with Gasteiger partial charge >= 0.3 is 0 Å². The largest absolute Gasteiger partial charge is 0.355 e. The van der Waals surface area contributed by atoms with Gasteiger partial charge in [0, 0.05) is 37.2 Å². The number of rotatable bonds is 5. The first-order chi connectivity index (χ1) is 9.65. The molecule has 110 valence electrons. The molecule has 1 amide bonds. The van der Waals surface area contributed by atoms with Crippen molar-refractivity contribution >= 4 is 17.5 Å². The quantitative estimate of drug-likeness (QED) is 0.860. The summed E-state index contributed by atoms with van der Waals surface area (Å²) in [7, 11) is 0. The van der Waals surface area contributed by atoms with Crippen LogP contribution in [0.2, 0.25) is 5.02 Å². The van der Waals surface area contributed by atoms with E-state index < -0.39 is 0 Å². The van der Waals surface area contributed by atoms with Crippen molar-refractivity contribution in [3.63, 3.8) is 0 Å². The van der Waals surface area contributed by atoms with E-state index in [1.54, 1.807) is 0 Å². The van der Waals surface area contributed by atoms with E-state index in [2.05, 4.69) is 22.5 Å². The number of nitrogens with one attached hydrogen (secondary N) is 2. The average molecular weight is 296 g/mol. The summed E-state index contributed by atoms with van der Waals surface area (Å²) in [5.74, 6) is 0.0979. The van der Waals surface area contributed by atoms with Gasteiger partial charge in [0.2, 0.25) is 5.91 Å². The zero-order valence-electron chi connectivity index (χ0n) is 11.9. The van der Waals surface area contributed by atoms with Crippen molar-refractivity contribution in [2.24, 2.45) is 0 Å². The summed E-state index contributed by atoms with van der Waals surface area (Å²) in [5.41, 5.74) is 1.15. The highest BCUT2D eigenvalue weighted by atomic mass is 35.5. The lowest BCUT2D eigenvalue weighted by atomic mass is 10.1. The van der Waals surface area contributed by atoms with Crippen LogP contribution in [0.3, 0.4) is 0 Å². The number of carbonyl (C=O) groups excluding carboxylic acids is 1. The van der Waals surface area contributed by atoms with Gasteiger partial charge in [-0.15, -0.1) is 0 Å². The Morgan fingerprint density at radius 1 is 1.55 bits per heavy atom. The van der Waals surface area contributed by atoms with E-state index in [1.807, 2.05) is 24.3 Å². The van der Waals surface area contributed by atoms with Gasteiger partial charge in [-0.3, -0.25) is 9.69 Å². The maximum atomic E-state index is 11.9. The molecular weight excluding hydrogens is 274 g/mol. The Balaban J connectivity index is 1.70. The number of halogens is 1. The first kappa shape index (κ1) is 15.3. The number of nitrogens with zero attached hydrogens (tertiary/aromatic N) is 1. The van der Waals surface area contributed by atoms with Gasteiger partial charge in [0.25, 0.3) is 0 Å². The first-order valence-corrected chi connectivity index (χ1v) is 7.49. The number of hydrogen-bond acceptors (Lipinski definition) is 3. The Kier molecular flexibility index (Phi) is 5.83. The first-order valence-electron chi connectivity index (χ1n) is 7.11. The van der Waals surface area contributed by atoms with Gasteiger partial charge in [-0.25, -0.2) is 0 Å². The molecule has 0 aliphatic carbocycles. The summed E-state index contributed by atoms with van der Waals surface area (Å²) in [4.78, 5) is 14.1. The number of piperazine rings is 1. The molecule has 0 unspecified atom stereocenters. The lowest BCUT2D eigenvalue weighted by Gasteiger charge is -2.33. The van der Waals surface area contributed by atoms with Crippen LogP contribution in [0.1, 0.15) is 12.5 Å². The molecule has 0 spiro atoms. The van der Waals surface area contributed by atoms with Gasteiger partial charge in [-0.1, -0.05) is 23.7 Å². The summed E-state index contributed by atoms with van der Waals surface area (Å²) in [6.45, 7) is 6.13. The van der Waals surface area contributed by atoms with Crippen LogP contribution in [-0.2, 0) is 11.2 Å². The van der Waals surface area contributed by atoms with Gasteiger partial charge in [-0.05, 0) is 31.0 Å². The maximum Gasteiger partial charge on any atom is 0.234 e. The Bertz CT molecular complexity index is 452. The van der Waals surface area contributed by atoms with Crippen LogP contribution in [0.15, 0.2) is 24.3 Å². The van der Waals surface area contributed by atoms with Gasteiger partial charge < -0.3 is 10.6 Å². The lowest BCUT2D eigenvalue weighted by molar-refractivity contribution is -0.122. The molecule has 5 heteroatoms. The fourth-order valence-corrected chi connectivity index (χ4v) is 2.61. The van der Waals surface area contributed by atoms with Crippen LogP contribution in [0.5, 0.6) is 0 Å². The normalized spacial score (nSPS) is 19.8. The van der Waals surface area contributed by atoms with Crippen LogP contribution in [0.4, 0.5) is 0 Å². The van der Waals surface area contributed by atoms with Gasteiger partial charge in [0.1, 0.15) is 0 Å². The Morgan fingerprint density at radius 3 is 3.15 bits per heavy atom. The standard InChI is InChI=1S/C15H22ClN3O/c1-12-10-17-7-8-19(12)11-15(20)18-6-5-13-3-2-4-14(16)9-13/h2-4,9,12,17H,5-8,10-11H2,1H3,(H,18,20)/t12-/m0/s1. The van der Waals surface area contributed by atoms with Crippen molar-refractivity contribution in [2.45, 2.75) is 19.4 Å². The van der Waals surface area contributed by atoms with E-state index >= 15 is 0 Å². The van der Waals surface area contributed by atoms with E-state index in [4.69, 9.17) is 11.6 Å². The molecule has 2 N–H and O–H groups in total. The van der Waals surface area contributed by atoms with Crippen molar-refractivity contribution in [3.05, 3.63) is 34.9 Å². The van der Waals surface area contributed by atoms with Crippen molar-refractivity contribution in [1.82, 2.24) is 15.5 Å². The number of benzene rings is 1. The molecule has 1 heterocycles. The summed E-state index contributed by atoms with van der Waals surface area (Å²) in [6, 6.07) is 8.17. The molecule has 1 aromatic carbocycles. The highest BCUT2D eigenvalue weighted by Gasteiger charge is 2.19. The molecule has 2 rings (SSSR count). The van der Waals surface area contributed by atoms with Crippen molar-refractivity contribution in [3.8, 4) is 0 Å². The predicted molar refractivity (Wildman–Crippen MR) is 82.1 cm³/mol. The zero-order valence-corrected chi connectivity index (χ0v) is 12.6. The van der Waals surface area contributed by atoms with Crippen LogP contribution in [-0.4, -0.2) is 49.6 Å². The molecule has 1 atom stereocenters. The monoisotopic (exact) mass is 295 g/mol. The van der Waals surface area contributed by atoms with E-state index in [0.29, 0.717) is 19.1 Å². The van der Waals surface area contributed by atoms with E-state index in [1.165, 1.54) is 0 Å². The molecule has 0 radical (unpaired) electrons. The van der Waals surface area contributed by atoms with E-state index in [9.17, 15) is 4.79 Å². The third kappa shape index (κ3) is 4.78. The minimum atomic E-state index is 0.0979. The lowest BCUT2D eigenvalue weighted by Crippen LogP contribution is -2.52. The highest BCUT2D eigenvalue weighted by molar-refractivity contribution is 6.30. The predicted octanol–water partition coefficient (Wildman–Crippen LogP) is 1.29. The van der Waals surface area contributed by atoms with Crippen LogP contribution >= 0.6 is 11.6 Å². The molecule has 20 heavy (non-hydrogen) atoms. The molecule has 0 aromatic heterocycles. The van der Waals surface area contributed by atoms with E-state index in [-0.39, 0.29) is 5.91 Å². The average Bonchev–Trinajstić information content (AvgIpc) is 2.41. The SMILES string of the molecule is C[C@H]1CNCCN1CC(=O)NCCc1cccc(Cl)c1. The van der Waals surface area contributed by atoms with E-state index in [0.717, 1.165) is 36.6 Å². The minimum Gasteiger partial charge on any atom is -0.355 e. The van der Waals surface area contributed by atoms with Crippen LogP contribution in [0, 0.1) is 0 Å². The van der Waals surface area contributed by atoms with Gasteiger partial charge in [0.05, 0.1) is 6.54 Å². The number of amides is 1. The summed E-state index contributed by atoms with van der Waals surface area (Å²) >= 11 is 5.93. The second-order valence-corrected chi connectivity index (χ2v) is 5.69. The second kappa shape index (κ2) is 7.62. The third-order valence-corrected chi connectivity index (χ3v) is 3.85. The fourth-order valence-electron chi connectivity index (χ4n) is 2.40. The summed E-state index contributed by atoms with van der Waals surface area (Å²) in [5, 5.41) is 7.04. The molecule has 1 aliphatic rings. The molecular formula is C15H22ClN3O. The van der Waals surface area contributed by atoms with Crippen molar-refractivity contribution in [1.29, 1.82) is 0 Å². The van der Waals surface area contributed by atoms with Gasteiger partial charge in [-0.2, -0.15) is 0 Å². The minimum absolute atomic E-state index is 0.0979. The fraction of sp³-hybridized carbons (Fsp3) is 0.533. The topological polar surface area (TPSA) is 44.4 Å². The van der Waals surface area contributed by atoms with Crippen LogP contribution in [0.25, 0.3) is 0 Å². The molecule has 4 nitrogen and oxygen atoms in total. The zero-order chi connectivity index (χ0) is 14.4. The highest BCUT2D eigenvalue weighted by Crippen LogP contribution is 2.10. The molecule has 0 bridgehead atoms. The number of carbonyl (C=O) groups is 1. The van der Waals surface area contributed by atoms with Crippen LogP contribution < -0.4 is 10.6 Å². The Labute approximate surface area is 125 Å². The smallest absolute Gasteiger partial charge is 0.234 e. The molecule has 0 saturated carbocycles. The third-order valence-electron chi connectivity index (χ3n) is 3.61. The molecule has 1 aromatic rings. The summed E-state index contributed by atoms with van der Waals surface area (Å²) < 4.78 is 0. The van der Waals surface area contributed by atoms with Crippen molar-refractivity contribution in [2.75, 3.05) is 32.7 Å². The summed E-state index contributed by atoms with van der Waals surface area (Å²) in [6.07, 6.45) is 0.809. The Hall–Kier alpha value is -1.10. The Morgan fingerprint density at radius 2 is 2.40 bits per heavy atom. The van der Waals surface area contributed by atoms with Gasteiger partial charge in [0.15, 0.2) is 0 Å². The molecule has 1 saturated heterocycles.